The van der Waals surface area contributed by atoms with Crippen LogP contribution in [0.3, 0.4) is 0 Å². The Labute approximate surface area is 251 Å². The summed E-state index contributed by atoms with van der Waals surface area (Å²) < 4.78 is 54.1. The lowest BCUT2D eigenvalue weighted by Crippen LogP contribution is -2.67. The fraction of sp³-hybridized carbons (Fsp3) is 0.731. The van der Waals surface area contributed by atoms with Gasteiger partial charge in [0.1, 0.15) is 31.5 Å². The molecule has 0 aromatic heterocycles. The molecule has 2 rings (SSSR count). The van der Waals surface area contributed by atoms with Crippen LogP contribution in [0.25, 0.3) is 0 Å². The monoisotopic (exact) mass is 636 g/mol. The summed E-state index contributed by atoms with van der Waals surface area (Å²) in [6, 6.07) is 0. The molecule has 0 aliphatic carbocycles. The van der Waals surface area contributed by atoms with Gasteiger partial charge in [-0.05, 0) is 0 Å². The van der Waals surface area contributed by atoms with Crippen LogP contribution >= 0.6 is 0 Å². The smallest absolute Gasteiger partial charge is 0.303 e. The van der Waals surface area contributed by atoms with E-state index in [1.54, 1.807) is 0 Å². The number of hydrogen-bond donors (Lipinski definition) is 1. The molecule has 0 spiro atoms. The summed E-state index contributed by atoms with van der Waals surface area (Å²) in [6.07, 6.45) is -16.3. The lowest BCUT2D eigenvalue weighted by atomic mass is 9.96. The Balaban J connectivity index is 2.66. The molecule has 2 fully saturated rings. The fourth-order valence-electron chi connectivity index (χ4n) is 4.49. The predicted molar refractivity (Wildman–Crippen MR) is 135 cm³/mol. The summed E-state index contributed by atoms with van der Waals surface area (Å²) in [7, 11) is 0. The van der Waals surface area contributed by atoms with Crippen LogP contribution in [0.15, 0.2) is 0 Å². The molecule has 0 aromatic carbocycles. The second-order valence-corrected chi connectivity index (χ2v) is 9.68. The summed E-state index contributed by atoms with van der Waals surface area (Å²) in [5.74, 6) is -6.03. The lowest BCUT2D eigenvalue weighted by Gasteiger charge is -2.48. The van der Waals surface area contributed by atoms with E-state index in [9.17, 15) is 38.7 Å². The quantitative estimate of drug-likeness (QED) is 0.203. The van der Waals surface area contributed by atoms with Crippen LogP contribution in [0.2, 0.25) is 0 Å². The molecular formula is C26H36O18. The molecule has 0 saturated carbocycles. The molecule has 10 atom stereocenters. The van der Waals surface area contributed by atoms with Gasteiger partial charge in [-0.1, -0.05) is 0 Å². The van der Waals surface area contributed by atoms with Gasteiger partial charge in [-0.25, -0.2) is 0 Å². The molecule has 2 heterocycles. The maximum atomic E-state index is 12.2. The zero-order valence-electron chi connectivity index (χ0n) is 25.1. The Morgan fingerprint density at radius 3 is 1.27 bits per heavy atom. The minimum Gasteiger partial charge on any atom is -0.463 e. The van der Waals surface area contributed by atoms with E-state index in [1.807, 2.05) is 0 Å². The molecule has 44 heavy (non-hydrogen) atoms. The Morgan fingerprint density at radius 2 is 0.841 bits per heavy atom. The number of carbonyl (C=O) groups is 7. The van der Waals surface area contributed by atoms with Gasteiger partial charge in [0, 0.05) is 48.5 Å². The van der Waals surface area contributed by atoms with Crippen LogP contribution in [0, 0.1) is 0 Å². The van der Waals surface area contributed by atoms with Gasteiger partial charge < -0.3 is 52.5 Å². The zero-order valence-corrected chi connectivity index (χ0v) is 25.1. The van der Waals surface area contributed by atoms with Gasteiger partial charge in [-0.15, -0.1) is 0 Å². The Bertz CT molecular complexity index is 1090. The highest BCUT2D eigenvalue weighted by molar-refractivity contribution is 5.69. The summed E-state index contributed by atoms with van der Waals surface area (Å²) >= 11 is 0. The first-order valence-electron chi connectivity index (χ1n) is 13.3. The molecule has 1 N–H and O–H groups in total. The van der Waals surface area contributed by atoms with Gasteiger partial charge in [0.05, 0.1) is 0 Å². The Morgan fingerprint density at radius 1 is 0.477 bits per heavy atom. The molecular weight excluding hydrogens is 600 g/mol. The first-order chi connectivity index (χ1) is 20.5. The topological polar surface area (TPSA) is 232 Å². The highest BCUT2D eigenvalue weighted by Crippen LogP contribution is 2.34. The van der Waals surface area contributed by atoms with Crippen LogP contribution in [0.1, 0.15) is 48.5 Å². The number of aliphatic hydroxyl groups is 1. The van der Waals surface area contributed by atoms with Crippen molar-refractivity contribution in [3.8, 4) is 0 Å². The van der Waals surface area contributed by atoms with Crippen molar-refractivity contribution in [1.82, 2.24) is 0 Å². The average molecular weight is 637 g/mol. The van der Waals surface area contributed by atoms with Crippen molar-refractivity contribution >= 4 is 41.8 Å². The number of rotatable bonds is 11. The summed E-state index contributed by atoms with van der Waals surface area (Å²) in [4.78, 5) is 83.5. The van der Waals surface area contributed by atoms with Crippen molar-refractivity contribution in [2.75, 3.05) is 13.2 Å². The molecule has 18 heteroatoms. The van der Waals surface area contributed by atoms with Crippen molar-refractivity contribution in [3.05, 3.63) is 0 Å². The maximum absolute atomic E-state index is 12.2. The number of carbonyl (C=O) groups excluding carboxylic acids is 7. The summed E-state index contributed by atoms with van der Waals surface area (Å²) in [5, 5.41) is 10.6. The average Bonchev–Trinajstić information content (AvgIpc) is 2.87. The molecule has 0 radical (unpaired) electrons. The van der Waals surface area contributed by atoms with E-state index in [-0.39, 0.29) is 0 Å². The third-order valence-corrected chi connectivity index (χ3v) is 5.90. The van der Waals surface area contributed by atoms with Crippen molar-refractivity contribution in [1.29, 1.82) is 0 Å². The fourth-order valence-corrected chi connectivity index (χ4v) is 4.49. The van der Waals surface area contributed by atoms with Crippen LogP contribution in [0.4, 0.5) is 0 Å². The van der Waals surface area contributed by atoms with E-state index in [2.05, 4.69) is 0 Å². The molecule has 248 valence electrons. The lowest BCUT2D eigenvalue weighted by molar-refractivity contribution is -0.357. The molecule has 18 nitrogen and oxygen atoms in total. The maximum Gasteiger partial charge on any atom is 0.303 e. The molecule has 0 amide bonds. The Kier molecular flexibility index (Phi) is 13.4. The van der Waals surface area contributed by atoms with E-state index in [0.717, 1.165) is 48.5 Å². The highest BCUT2D eigenvalue weighted by atomic mass is 16.8. The minimum atomic E-state index is -1.90. The van der Waals surface area contributed by atoms with Gasteiger partial charge in [0.25, 0.3) is 0 Å². The molecule has 4 unspecified atom stereocenters. The van der Waals surface area contributed by atoms with E-state index in [1.165, 1.54) is 0 Å². The molecule has 2 saturated heterocycles. The van der Waals surface area contributed by atoms with E-state index in [0.29, 0.717) is 0 Å². The van der Waals surface area contributed by atoms with Gasteiger partial charge in [0.2, 0.25) is 0 Å². The van der Waals surface area contributed by atoms with E-state index >= 15 is 0 Å². The largest absolute Gasteiger partial charge is 0.463 e. The standard InChI is InChI=1S/C26H36O18/c1-10(27)35-8-17-20(21(38-13(4)30)23(25(34)42-17)40-15(6)32)44-26-24(41-16(7)33)22(39-14(5)31)19(37-12(3)29)18(43-26)9-36-11(2)28/h17-26,34H,8-9H2,1-7H3/t17?,18?,19-,20+,21?,22?,23-,24-,25+,26-/m0/s1. The van der Waals surface area contributed by atoms with Crippen molar-refractivity contribution in [2.24, 2.45) is 0 Å². The van der Waals surface area contributed by atoms with E-state index in [4.69, 9.17) is 47.4 Å². The first-order valence-corrected chi connectivity index (χ1v) is 13.3. The molecule has 2 aliphatic rings. The van der Waals surface area contributed by atoms with Crippen LogP contribution < -0.4 is 0 Å². The number of aliphatic hydroxyl groups excluding tert-OH is 1. The summed E-state index contributed by atoms with van der Waals surface area (Å²) in [6.45, 7) is 6.11. The van der Waals surface area contributed by atoms with Crippen LogP contribution in [-0.2, 0) is 80.9 Å². The summed E-state index contributed by atoms with van der Waals surface area (Å²) in [5.41, 5.74) is 0. The van der Waals surface area contributed by atoms with E-state index < -0.39 is 116 Å². The van der Waals surface area contributed by atoms with Gasteiger partial charge in [0.15, 0.2) is 43.1 Å². The van der Waals surface area contributed by atoms with Crippen LogP contribution in [-0.4, -0.2) is 122 Å². The zero-order chi connectivity index (χ0) is 33.3. The second kappa shape index (κ2) is 16.3. The molecule has 0 bridgehead atoms. The van der Waals surface area contributed by atoms with Crippen molar-refractivity contribution < 1.29 is 86.0 Å². The van der Waals surface area contributed by atoms with Crippen molar-refractivity contribution in [3.63, 3.8) is 0 Å². The van der Waals surface area contributed by atoms with Crippen molar-refractivity contribution in [2.45, 2.75) is 110 Å². The van der Waals surface area contributed by atoms with Gasteiger partial charge in [-0.2, -0.15) is 0 Å². The second-order valence-electron chi connectivity index (χ2n) is 9.68. The Hall–Kier alpha value is -3.87. The van der Waals surface area contributed by atoms with Crippen LogP contribution in [0.5, 0.6) is 0 Å². The predicted octanol–water partition coefficient (Wildman–Crippen LogP) is -1.40. The van der Waals surface area contributed by atoms with Gasteiger partial charge >= 0.3 is 41.8 Å². The SMILES string of the molecule is CC(=O)OCC1O[C@@H](O)[C@@H](OC(C)=O)C(OC(C)=O)[C@@H]1O[C@@H]1OC(COC(C)=O)[C@H](OC(C)=O)C(OC(C)=O)[C@@H]1OC(C)=O. The third-order valence-electron chi connectivity index (χ3n) is 5.90. The third kappa shape index (κ3) is 10.7. The molecule has 2 aliphatic heterocycles. The minimum absolute atomic E-state index is 0.572. The highest BCUT2D eigenvalue weighted by Gasteiger charge is 2.57. The van der Waals surface area contributed by atoms with Gasteiger partial charge in [-0.3, -0.25) is 33.6 Å². The molecule has 0 aromatic rings. The number of esters is 7. The number of ether oxygens (including phenoxy) is 10. The normalized spacial score (nSPS) is 31.5. The first kappa shape index (κ1) is 36.3. The number of hydrogen-bond acceptors (Lipinski definition) is 18.